The van der Waals surface area contributed by atoms with Crippen molar-refractivity contribution in [2.75, 3.05) is 13.1 Å². The molecule has 6 heteroatoms. The van der Waals surface area contributed by atoms with E-state index in [2.05, 4.69) is 10.3 Å². The van der Waals surface area contributed by atoms with Crippen LogP contribution in [0.25, 0.3) is 0 Å². The van der Waals surface area contributed by atoms with Crippen LogP contribution in [0.15, 0.2) is 29.4 Å². The van der Waals surface area contributed by atoms with Gasteiger partial charge in [0.1, 0.15) is 4.90 Å². The first-order chi connectivity index (χ1) is 8.03. The Labute approximate surface area is 102 Å². The van der Waals surface area contributed by atoms with Crippen LogP contribution in [0.3, 0.4) is 0 Å². The van der Waals surface area contributed by atoms with E-state index in [1.807, 2.05) is 13.8 Å². The number of hydrogen-bond acceptors (Lipinski definition) is 4. The van der Waals surface area contributed by atoms with Crippen LogP contribution in [0.4, 0.5) is 0 Å². The average molecular weight is 255 g/mol. The van der Waals surface area contributed by atoms with Gasteiger partial charge in [-0.05, 0) is 26.0 Å². The summed E-state index contributed by atoms with van der Waals surface area (Å²) in [7, 11) is -3.41. The van der Waals surface area contributed by atoms with E-state index in [1.54, 1.807) is 22.6 Å². The minimum Gasteiger partial charge on any atom is -0.311 e. The summed E-state index contributed by atoms with van der Waals surface area (Å²) in [5.74, 6) is 0. The predicted octanol–water partition coefficient (Wildman–Crippen LogP) is 0.452. The van der Waals surface area contributed by atoms with Crippen molar-refractivity contribution in [1.82, 2.24) is 14.6 Å². The zero-order valence-electron chi connectivity index (χ0n) is 10.00. The number of aromatic nitrogens is 1. The smallest absolute Gasteiger partial charge is 0.244 e. The van der Waals surface area contributed by atoms with Crippen molar-refractivity contribution < 1.29 is 8.42 Å². The highest BCUT2D eigenvalue weighted by Gasteiger charge is 2.34. The third kappa shape index (κ3) is 2.34. The molecule has 0 saturated carbocycles. The molecule has 0 radical (unpaired) electrons. The quantitative estimate of drug-likeness (QED) is 0.833. The molecular formula is C11H17N3O2S. The first-order valence-electron chi connectivity index (χ1n) is 5.69. The molecule has 1 fully saturated rings. The van der Waals surface area contributed by atoms with Gasteiger partial charge in [0.05, 0.1) is 0 Å². The molecule has 1 N–H and O–H groups in total. The Morgan fingerprint density at radius 3 is 2.88 bits per heavy atom. The summed E-state index contributed by atoms with van der Waals surface area (Å²) >= 11 is 0. The normalized spacial score (nSPS) is 26.9. The summed E-state index contributed by atoms with van der Waals surface area (Å²) in [6, 6.07) is 3.34. The molecule has 94 valence electrons. The Balaban J connectivity index is 2.33. The van der Waals surface area contributed by atoms with Gasteiger partial charge in [-0.3, -0.25) is 4.98 Å². The van der Waals surface area contributed by atoms with Gasteiger partial charge in [-0.15, -0.1) is 0 Å². The highest BCUT2D eigenvalue weighted by atomic mass is 32.2. The second-order valence-corrected chi connectivity index (χ2v) is 6.18. The molecule has 0 aromatic carbocycles. The lowest BCUT2D eigenvalue weighted by Gasteiger charge is -2.37. The number of pyridine rings is 1. The molecule has 0 bridgehead atoms. The third-order valence-electron chi connectivity index (χ3n) is 3.22. The van der Waals surface area contributed by atoms with Crippen LogP contribution >= 0.6 is 0 Å². The van der Waals surface area contributed by atoms with E-state index in [-0.39, 0.29) is 17.0 Å². The maximum absolute atomic E-state index is 12.4. The van der Waals surface area contributed by atoms with Crippen LogP contribution in [0, 0.1) is 0 Å². The Morgan fingerprint density at radius 2 is 2.24 bits per heavy atom. The van der Waals surface area contributed by atoms with Gasteiger partial charge in [0.2, 0.25) is 10.0 Å². The Hall–Kier alpha value is -0.980. The fourth-order valence-electron chi connectivity index (χ4n) is 2.00. The summed E-state index contributed by atoms with van der Waals surface area (Å²) in [6.45, 7) is 5.11. The minimum absolute atomic E-state index is 0.0473. The van der Waals surface area contributed by atoms with Crippen LogP contribution < -0.4 is 5.32 Å². The van der Waals surface area contributed by atoms with Crippen molar-refractivity contribution in [2.24, 2.45) is 0 Å². The lowest BCUT2D eigenvalue weighted by molar-refractivity contribution is 0.233. The predicted molar refractivity (Wildman–Crippen MR) is 65.1 cm³/mol. The van der Waals surface area contributed by atoms with Crippen LogP contribution in [0.2, 0.25) is 0 Å². The van der Waals surface area contributed by atoms with E-state index in [0.717, 1.165) is 0 Å². The number of piperazine rings is 1. The third-order valence-corrected chi connectivity index (χ3v) is 5.19. The summed E-state index contributed by atoms with van der Waals surface area (Å²) in [5.41, 5.74) is 0. The minimum atomic E-state index is -3.41. The van der Waals surface area contributed by atoms with E-state index in [1.165, 1.54) is 6.20 Å². The fourth-order valence-corrected chi connectivity index (χ4v) is 3.67. The zero-order chi connectivity index (χ0) is 12.5. The molecule has 2 atom stereocenters. The van der Waals surface area contributed by atoms with E-state index in [0.29, 0.717) is 13.1 Å². The Morgan fingerprint density at radius 1 is 1.47 bits per heavy atom. The molecule has 2 rings (SSSR count). The van der Waals surface area contributed by atoms with Crippen LogP contribution in [0.5, 0.6) is 0 Å². The monoisotopic (exact) mass is 255 g/mol. The molecule has 1 aromatic rings. The molecule has 2 unspecified atom stereocenters. The van der Waals surface area contributed by atoms with Crippen molar-refractivity contribution in [3.63, 3.8) is 0 Å². The lowest BCUT2D eigenvalue weighted by atomic mass is 10.1. The molecular weight excluding hydrogens is 238 g/mol. The van der Waals surface area contributed by atoms with Gasteiger partial charge < -0.3 is 5.32 Å². The molecule has 0 spiro atoms. The average Bonchev–Trinajstić information content (AvgIpc) is 2.33. The number of sulfonamides is 1. The lowest BCUT2D eigenvalue weighted by Crippen LogP contribution is -2.57. The van der Waals surface area contributed by atoms with Crippen molar-refractivity contribution in [1.29, 1.82) is 0 Å². The second kappa shape index (κ2) is 4.72. The van der Waals surface area contributed by atoms with Crippen LogP contribution in [0.1, 0.15) is 13.8 Å². The topological polar surface area (TPSA) is 62.3 Å². The standard InChI is InChI=1S/C11H17N3O2S/c1-9-10(2)14(7-6-13-9)17(15,16)11-4-3-5-12-8-11/h3-5,8-10,13H,6-7H2,1-2H3. The summed E-state index contributed by atoms with van der Waals surface area (Å²) < 4.78 is 26.3. The zero-order valence-corrected chi connectivity index (χ0v) is 10.8. The Kier molecular flexibility index (Phi) is 3.46. The van der Waals surface area contributed by atoms with Gasteiger partial charge in [0, 0.05) is 37.6 Å². The molecule has 1 aromatic heterocycles. The molecule has 17 heavy (non-hydrogen) atoms. The largest absolute Gasteiger partial charge is 0.311 e. The van der Waals surface area contributed by atoms with E-state index in [9.17, 15) is 8.42 Å². The molecule has 0 aliphatic carbocycles. The van der Waals surface area contributed by atoms with Crippen molar-refractivity contribution in [3.05, 3.63) is 24.5 Å². The maximum atomic E-state index is 12.4. The molecule has 1 aliphatic rings. The SMILES string of the molecule is CC1NCCN(S(=O)(=O)c2cccnc2)C1C. The van der Waals surface area contributed by atoms with Gasteiger partial charge in [-0.1, -0.05) is 0 Å². The highest BCUT2D eigenvalue weighted by molar-refractivity contribution is 7.89. The Bertz CT molecular complexity index is 475. The first-order valence-corrected chi connectivity index (χ1v) is 7.13. The number of hydrogen-bond donors (Lipinski definition) is 1. The highest BCUT2D eigenvalue weighted by Crippen LogP contribution is 2.20. The van der Waals surface area contributed by atoms with Crippen LogP contribution in [-0.2, 0) is 10.0 Å². The van der Waals surface area contributed by atoms with Crippen molar-refractivity contribution in [2.45, 2.75) is 30.8 Å². The molecule has 0 amide bonds. The van der Waals surface area contributed by atoms with Gasteiger partial charge in [-0.25, -0.2) is 8.42 Å². The molecule has 2 heterocycles. The van der Waals surface area contributed by atoms with Gasteiger partial charge >= 0.3 is 0 Å². The first kappa shape index (κ1) is 12.5. The van der Waals surface area contributed by atoms with Crippen molar-refractivity contribution >= 4 is 10.0 Å². The van der Waals surface area contributed by atoms with E-state index >= 15 is 0 Å². The maximum Gasteiger partial charge on any atom is 0.244 e. The molecule has 1 saturated heterocycles. The van der Waals surface area contributed by atoms with E-state index in [4.69, 9.17) is 0 Å². The summed E-state index contributed by atoms with van der Waals surface area (Å²) in [5, 5.41) is 3.26. The van der Waals surface area contributed by atoms with Gasteiger partial charge in [-0.2, -0.15) is 4.31 Å². The summed E-state index contributed by atoms with van der Waals surface area (Å²) in [6.07, 6.45) is 2.97. The molecule has 5 nitrogen and oxygen atoms in total. The van der Waals surface area contributed by atoms with Gasteiger partial charge in [0.25, 0.3) is 0 Å². The fraction of sp³-hybridized carbons (Fsp3) is 0.545. The number of nitrogens with one attached hydrogen (secondary N) is 1. The van der Waals surface area contributed by atoms with Gasteiger partial charge in [0.15, 0.2) is 0 Å². The van der Waals surface area contributed by atoms with Crippen LogP contribution in [-0.4, -0.2) is 42.9 Å². The van der Waals surface area contributed by atoms with E-state index < -0.39 is 10.0 Å². The number of nitrogens with zero attached hydrogens (tertiary/aromatic N) is 2. The van der Waals surface area contributed by atoms with Crippen molar-refractivity contribution in [3.8, 4) is 0 Å². The second-order valence-electron chi connectivity index (χ2n) is 4.29. The number of rotatable bonds is 2. The summed E-state index contributed by atoms with van der Waals surface area (Å²) in [4.78, 5) is 4.13. The molecule has 1 aliphatic heterocycles.